The summed E-state index contributed by atoms with van der Waals surface area (Å²) >= 11 is 6.27. The molecule has 2 saturated heterocycles. The van der Waals surface area contributed by atoms with Crippen molar-refractivity contribution in [1.29, 1.82) is 0 Å². The first kappa shape index (κ1) is 20.4. The number of ether oxygens (including phenoxy) is 1. The van der Waals surface area contributed by atoms with Crippen LogP contribution in [0.4, 0.5) is 17.1 Å². The molecular formula is C22H24ClN5O2. The first-order chi connectivity index (χ1) is 14.4. The van der Waals surface area contributed by atoms with Gasteiger partial charge < -0.3 is 14.5 Å². The predicted octanol–water partition coefficient (Wildman–Crippen LogP) is 4.35. The second kappa shape index (κ2) is 8.11. The van der Waals surface area contributed by atoms with Crippen molar-refractivity contribution in [2.45, 2.75) is 32.2 Å². The Morgan fingerprint density at radius 3 is 2.57 bits per heavy atom. The third-order valence-corrected chi connectivity index (χ3v) is 6.65. The van der Waals surface area contributed by atoms with Crippen LogP contribution in [0.2, 0.25) is 5.02 Å². The van der Waals surface area contributed by atoms with Crippen LogP contribution in [0.5, 0.6) is 0 Å². The van der Waals surface area contributed by atoms with Gasteiger partial charge in [-0.15, -0.1) is 0 Å². The maximum atomic E-state index is 11.5. The average Bonchev–Trinajstić information content (AvgIpc) is 3.09. The quantitative estimate of drug-likeness (QED) is 0.538. The zero-order valence-electron chi connectivity index (χ0n) is 17.1. The summed E-state index contributed by atoms with van der Waals surface area (Å²) in [5.74, 6) is -0.443. The number of anilines is 2. The predicted molar refractivity (Wildman–Crippen MR) is 116 cm³/mol. The molecule has 156 valence electrons. The first-order valence-corrected chi connectivity index (χ1v) is 10.4. The number of aromatic nitrogens is 2. The highest BCUT2D eigenvalue weighted by Crippen LogP contribution is 2.46. The molecule has 3 heterocycles. The molecule has 7 nitrogen and oxygen atoms in total. The van der Waals surface area contributed by atoms with Crippen LogP contribution in [0.25, 0.3) is 4.85 Å². The summed E-state index contributed by atoms with van der Waals surface area (Å²) in [5, 5.41) is 0.515. The second-order valence-corrected chi connectivity index (χ2v) is 8.58. The topological polar surface area (TPSA) is 62.9 Å². The number of piperidine rings is 1. The average molecular weight is 426 g/mol. The number of esters is 1. The second-order valence-electron chi connectivity index (χ2n) is 8.17. The summed E-state index contributed by atoms with van der Waals surface area (Å²) in [4.78, 5) is 27.9. The molecule has 1 aromatic carbocycles. The van der Waals surface area contributed by atoms with Crippen LogP contribution in [-0.2, 0) is 4.74 Å². The van der Waals surface area contributed by atoms with Crippen LogP contribution in [-0.4, -0.2) is 48.7 Å². The van der Waals surface area contributed by atoms with Crippen LogP contribution < -0.4 is 9.80 Å². The molecule has 0 unspecified atom stereocenters. The number of carbonyl (C=O) groups is 1. The summed E-state index contributed by atoms with van der Waals surface area (Å²) in [6.07, 6.45) is 6.70. The summed E-state index contributed by atoms with van der Waals surface area (Å²) in [6.45, 7) is 12.3. The van der Waals surface area contributed by atoms with E-state index in [1.54, 1.807) is 12.4 Å². The minimum atomic E-state index is -0.524. The maximum absolute atomic E-state index is 11.5. The molecule has 0 N–H and O–H groups in total. The van der Waals surface area contributed by atoms with E-state index in [-0.39, 0.29) is 11.2 Å². The zero-order chi connectivity index (χ0) is 21.3. The molecule has 2 aliphatic heterocycles. The molecule has 4 rings (SSSR count). The Balaban J connectivity index is 1.43. The van der Waals surface area contributed by atoms with E-state index in [1.165, 1.54) is 7.11 Å². The standard InChI is InChI=1S/C22H24ClN5O2/c1-15-11-22(14-28(15)16-4-5-19(24-2)18(23)10-16)6-8-27(9-7-22)17-12-25-20(26-13-17)21(29)30-3/h4-5,10,12-13,15H,6-9,11,14H2,1,3H3/t15-/m0/s1. The Hall–Kier alpha value is -2.85. The van der Waals surface area contributed by atoms with Gasteiger partial charge >= 0.3 is 5.97 Å². The van der Waals surface area contributed by atoms with Crippen LogP contribution in [0.1, 0.15) is 36.8 Å². The first-order valence-electron chi connectivity index (χ1n) is 10.0. The van der Waals surface area contributed by atoms with Gasteiger partial charge in [0, 0.05) is 36.4 Å². The third kappa shape index (κ3) is 3.80. The van der Waals surface area contributed by atoms with Crippen molar-refractivity contribution in [1.82, 2.24) is 9.97 Å². The van der Waals surface area contributed by atoms with Gasteiger partial charge in [-0.05, 0) is 43.7 Å². The Morgan fingerprint density at radius 1 is 1.27 bits per heavy atom. The molecule has 0 amide bonds. The lowest BCUT2D eigenvalue weighted by Crippen LogP contribution is -2.41. The van der Waals surface area contributed by atoms with E-state index in [2.05, 4.69) is 36.3 Å². The lowest BCUT2D eigenvalue weighted by atomic mass is 9.76. The van der Waals surface area contributed by atoms with Gasteiger partial charge in [0.05, 0.1) is 31.8 Å². The molecule has 1 aromatic heterocycles. The maximum Gasteiger partial charge on any atom is 0.376 e. The lowest BCUT2D eigenvalue weighted by molar-refractivity contribution is 0.0586. The molecule has 0 aliphatic carbocycles. The van der Waals surface area contributed by atoms with Gasteiger partial charge in [0.1, 0.15) is 0 Å². The minimum Gasteiger partial charge on any atom is -0.463 e. The molecule has 2 fully saturated rings. The van der Waals surface area contributed by atoms with Crippen molar-refractivity contribution in [3.8, 4) is 0 Å². The number of hydrogen-bond acceptors (Lipinski definition) is 6. The van der Waals surface area contributed by atoms with Gasteiger partial charge in [-0.2, -0.15) is 0 Å². The van der Waals surface area contributed by atoms with Crippen molar-refractivity contribution >= 4 is 34.6 Å². The van der Waals surface area contributed by atoms with E-state index in [1.807, 2.05) is 18.2 Å². The Labute approximate surface area is 181 Å². The van der Waals surface area contributed by atoms with Crippen LogP contribution in [0, 0.1) is 12.0 Å². The highest BCUT2D eigenvalue weighted by Gasteiger charge is 2.44. The molecular weight excluding hydrogens is 402 g/mol. The summed E-state index contributed by atoms with van der Waals surface area (Å²) in [5.41, 5.74) is 2.79. The molecule has 1 atom stereocenters. The van der Waals surface area contributed by atoms with Crippen molar-refractivity contribution in [2.24, 2.45) is 5.41 Å². The number of halogens is 1. The van der Waals surface area contributed by atoms with E-state index >= 15 is 0 Å². The van der Waals surface area contributed by atoms with Gasteiger partial charge in [-0.1, -0.05) is 17.7 Å². The fourth-order valence-corrected chi connectivity index (χ4v) is 4.93. The molecule has 2 aliphatic rings. The largest absolute Gasteiger partial charge is 0.463 e. The highest BCUT2D eigenvalue weighted by atomic mass is 35.5. The fraction of sp³-hybridized carbons (Fsp3) is 0.455. The van der Waals surface area contributed by atoms with Gasteiger partial charge in [-0.3, -0.25) is 0 Å². The third-order valence-electron chi connectivity index (χ3n) is 6.35. The van der Waals surface area contributed by atoms with E-state index in [0.717, 1.165) is 50.3 Å². The zero-order valence-corrected chi connectivity index (χ0v) is 17.9. The Morgan fingerprint density at radius 2 is 1.97 bits per heavy atom. The summed E-state index contributed by atoms with van der Waals surface area (Å²) < 4.78 is 4.66. The number of nitrogens with zero attached hydrogens (tertiary/aromatic N) is 5. The number of hydrogen-bond donors (Lipinski definition) is 0. The van der Waals surface area contributed by atoms with Crippen molar-refractivity contribution < 1.29 is 9.53 Å². The smallest absolute Gasteiger partial charge is 0.376 e. The number of benzene rings is 1. The highest BCUT2D eigenvalue weighted by molar-refractivity contribution is 6.33. The molecule has 0 radical (unpaired) electrons. The Kier molecular flexibility index (Phi) is 5.52. The van der Waals surface area contributed by atoms with Crippen LogP contribution >= 0.6 is 11.6 Å². The minimum absolute atomic E-state index is 0.0814. The molecule has 0 bridgehead atoms. The number of carbonyl (C=O) groups excluding carboxylic acids is 1. The summed E-state index contributed by atoms with van der Waals surface area (Å²) in [7, 11) is 1.32. The molecule has 8 heteroatoms. The van der Waals surface area contributed by atoms with E-state index in [9.17, 15) is 4.79 Å². The molecule has 0 saturated carbocycles. The van der Waals surface area contributed by atoms with Crippen molar-refractivity contribution in [3.63, 3.8) is 0 Å². The summed E-state index contributed by atoms with van der Waals surface area (Å²) in [6, 6.07) is 6.15. The number of methoxy groups -OCH3 is 1. The van der Waals surface area contributed by atoms with E-state index < -0.39 is 5.97 Å². The van der Waals surface area contributed by atoms with Crippen LogP contribution in [0.15, 0.2) is 30.6 Å². The van der Waals surface area contributed by atoms with E-state index in [4.69, 9.17) is 18.2 Å². The van der Waals surface area contributed by atoms with E-state index in [0.29, 0.717) is 16.8 Å². The van der Waals surface area contributed by atoms with Gasteiger partial charge in [0.15, 0.2) is 0 Å². The van der Waals surface area contributed by atoms with Crippen molar-refractivity contribution in [3.05, 3.63) is 52.9 Å². The van der Waals surface area contributed by atoms with Crippen molar-refractivity contribution in [2.75, 3.05) is 36.5 Å². The van der Waals surface area contributed by atoms with Gasteiger partial charge in [0.2, 0.25) is 11.5 Å². The molecule has 2 aromatic rings. The van der Waals surface area contributed by atoms with Gasteiger partial charge in [-0.25, -0.2) is 19.6 Å². The molecule has 30 heavy (non-hydrogen) atoms. The SMILES string of the molecule is [C-]#[N+]c1ccc(N2CC3(CCN(c4cnc(C(=O)OC)nc4)CC3)C[C@@H]2C)cc1Cl. The molecule has 1 spiro atoms. The monoisotopic (exact) mass is 425 g/mol. The normalized spacial score (nSPS) is 20.3. The fourth-order valence-electron chi connectivity index (χ4n) is 4.71. The Bertz CT molecular complexity index is 980. The lowest BCUT2D eigenvalue weighted by Gasteiger charge is -2.40. The van der Waals surface area contributed by atoms with Gasteiger partial charge in [0.25, 0.3) is 0 Å². The number of rotatable bonds is 3. The van der Waals surface area contributed by atoms with Crippen LogP contribution in [0.3, 0.4) is 0 Å².